The zero-order valence-electron chi connectivity index (χ0n) is 11.9. The summed E-state index contributed by atoms with van der Waals surface area (Å²) >= 11 is 3.17. The van der Waals surface area contributed by atoms with Crippen LogP contribution >= 0.6 is 15.9 Å². The highest BCUT2D eigenvalue weighted by atomic mass is 79.9. The average molecular weight is 337 g/mol. The molecular weight excluding hydrogens is 319 g/mol. The van der Waals surface area contributed by atoms with Gasteiger partial charge in [-0.1, -0.05) is 18.2 Å². The Morgan fingerprint density at radius 1 is 1.05 bits per heavy atom. The SMILES string of the molecule is Cc1cc(C)c(C(O)Cc2ccc(F)c(Br)c2)cc1C. The number of benzene rings is 2. The van der Waals surface area contributed by atoms with E-state index >= 15 is 0 Å². The van der Waals surface area contributed by atoms with Gasteiger partial charge in [0.15, 0.2) is 0 Å². The summed E-state index contributed by atoms with van der Waals surface area (Å²) in [6.45, 7) is 6.11. The largest absolute Gasteiger partial charge is 0.388 e. The Balaban J connectivity index is 2.25. The van der Waals surface area contributed by atoms with E-state index < -0.39 is 6.10 Å². The summed E-state index contributed by atoms with van der Waals surface area (Å²) in [5, 5.41) is 10.4. The fourth-order valence-electron chi connectivity index (χ4n) is 2.34. The maximum atomic E-state index is 13.2. The normalized spacial score (nSPS) is 12.5. The fraction of sp³-hybridized carbons (Fsp3) is 0.294. The maximum absolute atomic E-state index is 13.2. The lowest BCUT2D eigenvalue weighted by molar-refractivity contribution is 0.177. The number of halogens is 2. The molecule has 1 nitrogen and oxygen atoms in total. The topological polar surface area (TPSA) is 20.2 Å². The van der Waals surface area contributed by atoms with Crippen molar-refractivity contribution in [3.63, 3.8) is 0 Å². The van der Waals surface area contributed by atoms with Gasteiger partial charge >= 0.3 is 0 Å². The fourth-order valence-corrected chi connectivity index (χ4v) is 2.77. The number of rotatable bonds is 3. The molecule has 0 saturated heterocycles. The molecule has 0 amide bonds. The first-order valence-electron chi connectivity index (χ1n) is 6.58. The van der Waals surface area contributed by atoms with Crippen molar-refractivity contribution in [2.24, 2.45) is 0 Å². The van der Waals surface area contributed by atoms with Crippen molar-refractivity contribution in [1.82, 2.24) is 0 Å². The van der Waals surface area contributed by atoms with Crippen LogP contribution in [0.1, 0.15) is 33.9 Å². The van der Waals surface area contributed by atoms with Crippen LogP contribution in [0, 0.1) is 26.6 Å². The van der Waals surface area contributed by atoms with Crippen LogP contribution in [-0.4, -0.2) is 5.11 Å². The molecule has 0 bridgehead atoms. The van der Waals surface area contributed by atoms with E-state index in [0.717, 1.165) is 16.7 Å². The van der Waals surface area contributed by atoms with Crippen LogP contribution in [0.2, 0.25) is 0 Å². The number of hydrogen-bond donors (Lipinski definition) is 1. The standard InChI is InChI=1S/C17H18BrFO/c1-10-6-12(3)14(7-11(10)2)17(20)9-13-4-5-16(19)15(18)8-13/h4-8,17,20H,9H2,1-3H3. The minimum atomic E-state index is -0.577. The van der Waals surface area contributed by atoms with Crippen molar-refractivity contribution in [2.75, 3.05) is 0 Å². The van der Waals surface area contributed by atoms with Gasteiger partial charge in [0, 0.05) is 6.42 Å². The van der Waals surface area contributed by atoms with Crippen LogP contribution in [0.3, 0.4) is 0 Å². The first kappa shape index (κ1) is 15.2. The van der Waals surface area contributed by atoms with Crippen molar-refractivity contribution in [3.8, 4) is 0 Å². The van der Waals surface area contributed by atoms with Crippen LogP contribution in [0.5, 0.6) is 0 Å². The second-order valence-corrected chi connectivity index (χ2v) is 6.12. The Labute approximate surface area is 127 Å². The number of aryl methyl sites for hydroxylation is 3. The van der Waals surface area contributed by atoms with Gasteiger partial charge in [0.2, 0.25) is 0 Å². The highest BCUT2D eigenvalue weighted by Gasteiger charge is 2.13. The third kappa shape index (κ3) is 3.28. The lowest BCUT2D eigenvalue weighted by Gasteiger charge is -2.16. The van der Waals surface area contributed by atoms with E-state index in [1.165, 1.54) is 17.2 Å². The highest BCUT2D eigenvalue weighted by Crippen LogP contribution is 2.26. The Morgan fingerprint density at radius 2 is 1.70 bits per heavy atom. The Kier molecular flexibility index (Phi) is 4.61. The number of aliphatic hydroxyl groups excluding tert-OH is 1. The van der Waals surface area contributed by atoms with Crippen LogP contribution in [0.25, 0.3) is 0 Å². The second-order valence-electron chi connectivity index (χ2n) is 5.26. The summed E-state index contributed by atoms with van der Waals surface area (Å²) in [6.07, 6.45) is -0.103. The highest BCUT2D eigenvalue weighted by molar-refractivity contribution is 9.10. The molecule has 2 aromatic rings. The minimum Gasteiger partial charge on any atom is -0.388 e. The van der Waals surface area contributed by atoms with Crippen LogP contribution in [0.4, 0.5) is 4.39 Å². The lowest BCUT2D eigenvalue weighted by Crippen LogP contribution is -2.05. The zero-order chi connectivity index (χ0) is 14.9. The summed E-state index contributed by atoms with van der Waals surface area (Å²) in [4.78, 5) is 0. The van der Waals surface area contributed by atoms with Gasteiger partial charge in [-0.3, -0.25) is 0 Å². The molecule has 0 aliphatic heterocycles. The van der Waals surface area contributed by atoms with E-state index in [-0.39, 0.29) is 5.82 Å². The van der Waals surface area contributed by atoms with Gasteiger partial charge in [0.1, 0.15) is 5.82 Å². The van der Waals surface area contributed by atoms with E-state index in [1.54, 1.807) is 12.1 Å². The molecule has 0 fully saturated rings. The smallest absolute Gasteiger partial charge is 0.137 e. The van der Waals surface area contributed by atoms with Crippen molar-refractivity contribution in [1.29, 1.82) is 0 Å². The summed E-state index contributed by atoms with van der Waals surface area (Å²) < 4.78 is 13.6. The maximum Gasteiger partial charge on any atom is 0.137 e. The predicted octanol–water partition coefficient (Wildman–Crippen LogP) is 4.79. The molecule has 106 valence electrons. The van der Waals surface area contributed by atoms with Crippen molar-refractivity contribution < 1.29 is 9.50 Å². The summed E-state index contributed by atoms with van der Waals surface area (Å²) in [6, 6.07) is 8.97. The summed E-state index contributed by atoms with van der Waals surface area (Å²) in [7, 11) is 0. The number of hydrogen-bond acceptors (Lipinski definition) is 1. The van der Waals surface area contributed by atoms with Gasteiger partial charge in [-0.2, -0.15) is 0 Å². The Hall–Kier alpha value is -1.19. The molecule has 20 heavy (non-hydrogen) atoms. The molecule has 0 saturated carbocycles. The minimum absolute atomic E-state index is 0.286. The predicted molar refractivity (Wildman–Crippen MR) is 83.4 cm³/mol. The van der Waals surface area contributed by atoms with Gasteiger partial charge in [-0.05, 0) is 76.7 Å². The molecule has 0 aliphatic carbocycles. The van der Waals surface area contributed by atoms with Gasteiger partial charge in [-0.15, -0.1) is 0 Å². The molecule has 0 radical (unpaired) electrons. The van der Waals surface area contributed by atoms with E-state index in [1.807, 2.05) is 19.9 Å². The van der Waals surface area contributed by atoms with E-state index in [0.29, 0.717) is 10.9 Å². The molecule has 0 aromatic heterocycles. The third-order valence-corrected chi connectivity index (χ3v) is 4.26. The molecule has 1 atom stereocenters. The van der Waals surface area contributed by atoms with Crippen LogP contribution in [-0.2, 0) is 6.42 Å². The van der Waals surface area contributed by atoms with Crippen molar-refractivity contribution >= 4 is 15.9 Å². The van der Waals surface area contributed by atoms with Crippen LogP contribution < -0.4 is 0 Å². The lowest BCUT2D eigenvalue weighted by atomic mass is 9.94. The molecular formula is C17H18BrFO. The van der Waals surface area contributed by atoms with E-state index in [2.05, 4.69) is 28.9 Å². The zero-order valence-corrected chi connectivity index (χ0v) is 13.5. The van der Waals surface area contributed by atoms with Crippen LogP contribution in [0.15, 0.2) is 34.8 Å². The molecule has 0 spiro atoms. The molecule has 2 aromatic carbocycles. The first-order valence-corrected chi connectivity index (χ1v) is 7.37. The second kappa shape index (κ2) is 6.06. The van der Waals surface area contributed by atoms with Gasteiger partial charge < -0.3 is 5.11 Å². The van der Waals surface area contributed by atoms with Gasteiger partial charge in [0.05, 0.1) is 10.6 Å². The molecule has 0 aliphatic rings. The first-order chi connectivity index (χ1) is 9.38. The quantitative estimate of drug-likeness (QED) is 0.854. The van der Waals surface area contributed by atoms with Gasteiger partial charge in [-0.25, -0.2) is 4.39 Å². The van der Waals surface area contributed by atoms with Crippen molar-refractivity contribution in [2.45, 2.75) is 33.3 Å². The Morgan fingerprint density at radius 3 is 2.35 bits per heavy atom. The van der Waals surface area contributed by atoms with E-state index in [9.17, 15) is 9.50 Å². The average Bonchev–Trinajstić information content (AvgIpc) is 2.38. The van der Waals surface area contributed by atoms with Gasteiger partial charge in [0.25, 0.3) is 0 Å². The third-order valence-electron chi connectivity index (χ3n) is 3.65. The molecule has 1 unspecified atom stereocenters. The summed E-state index contributed by atoms with van der Waals surface area (Å²) in [5.41, 5.74) is 5.33. The van der Waals surface area contributed by atoms with E-state index in [4.69, 9.17) is 0 Å². The van der Waals surface area contributed by atoms with Crippen molar-refractivity contribution in [3.05, 3.63) is 68.4 Å². The molecule has 1 N–H and O–H groups in total. The summed E-state index contributed by atoms with van der Waals surface area (Å²) in [5.74, 6) is -0.286. The molecule has 2 rings (SSSR count). The number of aliphatic hydroxyl groups is 1. The molecule has 0 heterocycles. The monoisotopic (exact) mass is 336 g/mol. The Bertz CT molecular complexity index is 637. The molecule has 3 heteroatoms.